The van der Waals surface area contributed by atoms with Crippen LogP contribution < -0.4 is 5.73 Å². The fourth-order valence-electron chi connectivity index (χ4n) is 2.80. The van der Waals surface area contributed by atoms with Gasteiger partial charge in [-0.3, -0.25) is 9.69 Å². The van der Waals surface area contributed by atoms with Crippen molar-refractivity contribution in [3.05, 3.63) is 23.7 Å². The number of furan rings is 1. The fourth-order valence-corrected chi connectivity index (χ4v) is 2.80. The second-order valence-electron chi connectivity index (χ2n) is 5.68. The molecule has 1 fully saturated rings. The lowest BCUT2D eigenvalue weighted by molar-refractivity contribution is -0.149. The lowest BCUT2D eigenvalue weighted by atomic mass is 9.94. The van der Waals surface area contributed by atoms with Gasteiger partial charge in [0.25, 0.3) is 0 Å². The highest BCUT2D eigenvalue weighted by molar-refractivity contribution is 5.86. The maximum Gasteiger partial charge on any atom is 0.242 e. The normalized spacial score (nSPS) is 21.7. The monoisotopic (exact) mass is 265 g/mol. The predicted octanol–water partition coefficient (Wildman–Crippen LogP) is 1.14. The lowest BCUT2D eigenvalue weighted by Crippen LogP contribution is -2.63. The van der Waals surface area contributed by atoms with Crippen molar-refractivity contribution in [3.63, 3.8) is 0 Å². The number of nitrogens with two attached hydrogens (primary N) is 1. The zero-order chi connectivity index (χ0) is 14.2. The number of carbonyl (C=O) groups is 1. The third kappa shape index (κ3) is 2.40. The van der Waals surface area contributed by atoms with Gasteiger partial charge in [0.1, 0.15) is 11.5 Å². The van der Waals surface area contributed by atoms with Gasteiger partial charge < -0.3 is 15.1 Å². The number of hydrogen-bond acceptors (Lipinski definition) is 4. The van der Waals surface area contributed by atoms with Crippen molar-refractivity contribution in [3.8, 4) is 0 Å². The van der Waals surface area contributed by atoms with Crippen LogP contribution in [0.3, 0.4) is 0 Å². The molecule has 2 N–H and O–H groups in total. The van der Waals surface area contributed by atoms with Crippen LogP contribution in [0.2, 0.25) is 0 Å². The van der Waals surface area contributed by atoms with Crippen molar-refractivity contribution < 1.29 is 9.21 Å². The molecule has 5 heteroatoms. The van der Waals surface area contributed by atoms with Crippen LogP contribution in [0.1, 0.15) is 31.4 Å². The molecule has 0 aliphatic carbocycles. The lowest BCUT2D eigenvalue weighted by Gasteiger charge is -2.47. The Morgan fingerprint density at radius 2 is 2.11 bits per heavy atom. The van der Waals surface area contributed by atoms with Gasteiger partial charge in [0.15, 0.2) is 0 Å². The number of piperazine rings is 1. The van der Waals surface area contributed by atoms with E-state index in [0.29, 0.717) is 6.54 Å². The molecule has 0 bridgehead atoms. The summed E-state index contributed by atoms with van der Waals surface area (Å²) in [5.41, 5.74) is 5.36. The van der Waals surface area contributed by atoms with Crippen molar-refractivity contribution in [1.29, 1.82) is 0 Å². The van der Waals surface area contributed by atoms with Gasteiger partial charge in [-0.1, -0.05) is 0 Å². The molecule has 0 radical (unpaired) electrons. The van der Waals surface area contributed by atoms with Crippen LogP contribution in [-0.2, 0) is 4.79 Å². The van der Waals surface area contributed by atoms with E-state index in [2.05, 4.69) is 4.90 Å². The summed E-state index contributed by atoms with van der Waals surface area (Å²) in [5.74, 6) is 1.83. The molecule has 2 heterocycles. The van der Waals surface area contributed by atoms with Crippen molar-refractivity contribution >= 4 is 5.91 Å². The summed E-state index contributed by atoms with van der Waals surface area (Å²) in [6.07, 6.45) is 0. The zero-order valence-electron chi connectivity index (χ0n) is 12.1. The Balaban J connectivity index is 2.30. The Kier molecular flexibility index (Phi) is 3.69. The Bertz CT molecular complexity index is 467. The molecule has 2 rings (SSSR count). The first-order chi connectivity index (χ1) is 8.87. The van der Waals surface area contributed by atoms with E-state index in [1.165, 1.54) is 0 Å². The second kappa shape index (κ2) is 4.98. The molecule has 106 valence electrons. The topological polar surface area (TPSA) is 62.7 Å². The summed E-state index contributed by atoms with van der Waals surface area (Å²) in [7, 11) is 1.84. The Morgan fingerprint density at radius 3 is 2.63 bits per heavy atom. The van der Waals surface area contributed by atoms with Crippen LogP contribution in [0.25, 0.3) is 0 Å². The van der Waals surface area contributed by atoms with E-state index in [-0.39, 0.29) is 11.9 Å². The van der Waals surface area contributed by atoms with E-state index in [0.717, 1.165) is 24.6 Å². The van der Waals surface area contributed by atoms with Gasteiger partial charge in [0.05, 0.1) is 11.6 Å². The summed E-state index contributed by atoms with van der Waals surface area (Å²) >= 11 is 0. The SMILES string of the molecule is Cc1ccc(C(CN)N2CCN(C)C(=O)C2(C)C)o1. The molecule has 0 spiro atoms. The van der Waals surface area contributed by atoms with Gasteiger partial charge in [-0.05, 0) is 32.9 Å². The second-order valence-corrected chi connectivity index (χ2v) is 5.68. The van der Waals surface area contributed by atoms with E-state index in [4.69, 9.17) is 10.2 Å². The molecule has 1 aliphatic heterocycles. The molecular formula is C14H23N3O2. The number of amides is 1. The average molecular weight is 265 g/mol. The molecule has 0 saturated carbocycles. The predicted molar refractivity (Wildman–Crippen MR) is 73.7 cm³/mol. The maximum absolute atomic E-state index is 12.3. The van der Waals surface area contributed by atoms with E-state index >= 15 is 0 Å². The van der Waals surface area contributed by atoms with Gasteiger partial charge in [0.2, 0.25) is 5.91 Å². The Morgan fingerprint density at radius 1 is 1.42 bits per heavy atom. The molecule has 1 aliphatic rings. The van der Waals surface area contributed by atoms with E-state index in [1.54, 1.807) is 4.90 Å². The van der Waals surface area contributed by atoms with Gasteiger partial charge in [-0.25, -0.2) is 0 Å². The molecule has 1 aromatic rings. The average Bonchev–Trinajstić information content (AvgIpc) is 2.77. The largest absolute Gasteiger partial charge is 0.465 e. The fraction of sp³-hybridized carbons (Fsp3) is 0.643. The highest BCUT2D eigenvalue weighted by atomic mass is 16.3. The minimum absolute atomic E-state index is 0.0543. The van der Waals surface area contributed by atoms with Gasteiger partial charge in [-0.15, -0.1) is 0 Å². The molecule has 5 nitrogen and oxygen atoms in total. The first-order valence-electron chi connectivity index (χ1n) is 6.66. The standard InChI is InChI=1S/C14H23N3O2/c1-10-5-6-12(19-10)11(9-15)17-8-7-16(4)13(18)14(17,2)3/h5-6,11H,7-9,15H2,1-4H3. The van der Waals surface area contributed by atoms with Gasteiger partial charge in [-0.2, -0.15) is 0 Å². The summed E-state index contributed by atoms with van der Waals surface area (Å²) in [6, 6.07) is 3.83. The smallest absolute Gasteiger partial charge is 0.242 e. The number of carbonyl (C=O) groups excluding carboxylic acids is 1. The molecule has 1 unspecified atom stereocenters. The molecule has 1 aromatic heterocycles. The molecule has 19 heavy (non-hydrogen) atoms. The van der Waals surface area contributed by atoms with Crippen LogP contribution in [0.15, 0.2) is 16.5 Å². The van der Waals surface area contributed by atoms with Crippen molar-refractivity contribution in [2.45, 2.75) is 32.4 Å². The summed E-state index contributed by atoms with van der Waals surface area (Å²) in [5, 5.41) is 0. The number of likely N-dealkylation sites (N-methyl/N-ethyl adjacent to an activating group) is 1. The van der Waals surface area contributed by atoms with Crippen LogP contribution >= 0.6 is 0 Å². The highest BCUT2D eigenvalue weighted by Gasteiger charge is 2.44. The first kappa shape index (κ1) is 14.1. The van der Waals surface area contributed by atoms with Crippen LogP contribution in [-0.4, -0.2) is 47.9 Å². The van der Waals surface area contributed by atoms with Gasteiger partial charge >= 0.3 is 0 Å². The molecule has 0 aromatic carbocycles. The molecule has 1 amide bonds. The highest BCUT2D eigenvalue weighted by Crippen LogP contribution is 2.32. The number of aryl methyl sites for hydroxylation is 1. The van der Waals surface area contributed by atoms with E-state index in [9.17, 15) is 4.79 Å². The van der Waals surface area contributed by atoms with Crippen molar-refractivity contribution in [2.24, 2.45) is 5.73 Å². The number of rotatable bonds is 3. The third-order valence-corrected chi connectivity index (χ3v) is 3.95. The van der Waals surface area contributed by atoms with Crippen molar-refractivity contribution in [1.82, 2.24) is 9.80 Å². The maximum atomic E-state index is 12.3. The van der Waals surface area contributed by atoms with Gasteiger partial charge in [0, 0.05) is 26.7 Å². The summed E-state index contributed by atoms with van der Waals surface area (Å²) in [4.78, 5) is 16.2. The quantitative estimate of drug-likeness (QED) is 0.890. The van der Waals surface area contributed by atoms with E-state index in [1.807, 2.05) is 40.0 Å². The zero-order valence-corrected chi connectivity index (χ0v) is 12.1. The van der Waals surface area contributed by atoms with Crippen molar-refractivity contribution in [2.75, 3.05) is 26.7 Å². The van der Waals surface area contributed by atoms with Crippen LogP contribution in [0, 0.1) is 6.92 Å². The Hall–Kier alpha value is -1.33. The minimum Gasteiger partial charge on any atom is -0.465 e. The van der Waals surface area contributed by atoms with Crippen LogP contribution in [0.4, 0.5) is 0 Å². The minimum atomic E-state index is -0.558. The Labute approximate surface area is 114 Å². The van der Waals surface area contributed by atoms with E-state index < -0.39 is 5.54 Å². The summed E-state index contributed by atoms with van der Waals surface area (Å²) < 4.78 is 5.70. The molecular weight excluding hydrogens is 242 g/mol. The summed E-state index contributed by atoms with van der Waals surface area (Å²) in [6.45, 7) is 7.77. The molecule has 1 saturated heterocycles. The number of nitrogens with zero attached hydrogens (tertiary/aromatic N) is 2. The first-order valence-corrected chi connectivity index (χ1v) is 6.66. The number of hydrogen-bond donors (Lipinski definition) is 1. The molecule has 1 atom stereocenters. The van der Waals surface area contributed by atoms with Crippen LogP contribution in [0.5, 0.6) is 0 Å². The third-order valence-electron chi connectivity index (χ3n) is 3.95.